The molecule has 3 fully saturated rings. The van der Waals surface area contributed by atoms with Crippen LogP contribution >= 0.6 is 0 Å². The van der Waals surface area contributed by atoms with Gasteiger partial charge in [0.1, 0.15) is 17.5 Å². The van der Waals surface area contributed by atoms with Gasteiger partial charge in [-0.15, -0.1) is 0 Å². The number of pyridine rings is 1. The molecular weight excluding hydrogens is 372 g/mol. The summed E-state index contributed by atoms with van der Waals surface area (Å²) in [5.74, 6) is -0.0124. The molecule has 154 valence electrons. The van der Waals surface area contributed by atoms with Crippen molar-refractivity contribution in [2.45, 2.75) is 44.4 Å². The van der Waals surface area contributed by atoms with E-state index in [-0.39, 0.29) is 30.3 Å². The number of carbonyl (C=O) groups excluding carboxylic acids is 2. The molecule has 0 radical (unpaired) electrons. The molecule has 0 saturated carbocycles. The molecule has 3 saturated heterocycles. The van der Waals surface area contributed by atoms with Crippen LogP contribution in [0.2, 0.25) is 0 Å². The van der Waals surface area contributed by atoms with E-state index in [1.54, 1.807) is 13.3 Å². The van der Waals surface area contributed by atoms with Crippen LogP contribution in [-0.2, 0) is 14.3 Å². The largest absolute Gasteiger partial charge is 0.497 e. The van der Waals surface area contributed by atoms with Crippen LogP contribution in [0.4, 0.5) is 0 Å². The molecular formula is C22H26N2O5. The molecule has 29 heavy (non-hydrogen) atoms. The zero-order valence-corrected chi connectivity index (χ0v) is 16.9. The number of ketones is 1. The number of piperidine rings is 3. The molecule has 7 heteroatoms. The molecule has 2 bridgehead atoms. The number of aliphatic hydroxyl groups is 1. The molecule has 0 amide bonds. The first-order valence-corrected chi connectivity index (χ1v) is 9.91. The zero-order valence-electron chi connectivity index (χ0n) is 16.9. The summed E-state index contributed by atoms with van der Waals surface area (Å²) < 4.78 is 11.2. The molecule has 3 aliphatic heterocycles. The Labute approximate surface area is 169 Å². The SMILES string of the molecule is COc1ccc2nccc([C@H](OC(C)=O)[C@@H]3C[C@@H]4CCN3C[C@]4(O)C(C)=O)c2c1. The van der Waals surface area contributed by atoms with E-state index in [4.69, 9.17) is 9.47 Å². The fraction of sp³-hybridized carbons (Fsp3) is 0.500. The van der Waals surface area contributed by atoms with Gasteiger partial charge < -0.3 is 14.6 Å². The van der Waals surface area contributed by atoms with Crippen molar-refractivity contribution < 1.29 is 24.2 Å². The first-order valence-electron chi connectivity index (χ1n) is 9.91. The van der Waals surface area contributed by atoms with Crippen molar-refractivity contribution in [3.8, 4) is 5.75 Å². The Balaban J connectivity index is 1.76. The van der Waals surface area contributed by atoms with Gasteiger partial charge in [0.2, 0.25) is 0 Å². The van der Waals surface area contributed by atoms with Crippen molar-refractivity contribution in [1.82, 2.24) is 9.88 Å². The van der Waals surface area contributed by atoms with Gasteiger partial charge in [0.15, 0.2) is 5.78 Å². The molecule has 5 atom stereocenters. The van der Waals surface area contributed by atoms with Crippen LogP contribution in [0.3, 0.4) is 0 Å². The van der Waals surface area contributed by atoms with E-state index in [1.165, 1.54) is 13.8 Å². The fourth-order valence-electron chi connectivity index (χ4n) is 4.88. The first kappa shape index (κ1) is 19.8. The highest BCUT2D eigenvalue weighted by atomic mass is 16.5. The number of fused-ring (bicyclic) bond motifs is 4. The van der Waals surface area contributed by atoms with Crippen molar-refractivity contribution in [3.63, 3.8) is 0 Å². The van der Waals surface area contributed by atoms with E-state index in [2.05, 4.69) is 9.88 Å². The average Bonchev–Trinajstić information content (AvgIpc) is 2.71. The summed E-state index contributed by atoms with van der Waals surface area (Å²) in [6.45, 7) is 3.87. The quantitative estimate of drug-likeness (QED) is 0.773. The summed E-state index contributed by atoms with van der Waals surface area (Å²) in [5.41, 5.74) is 0.323. The van der Waals surface area contributed by atoms with Crippen LogP contribution in [-0.4, -0.2) is 58.6 Å². The number of nitrogens with zero attached hydrogens (tertiary/aromatic N) is 2. The highest BCUT2D eigenvalue weighted by Gasteiger charge is 2.54. The minimum absolute atomic E-state index is 0.117. The summed E-state index contributed by atoms with van der Waals surface area (Å²) in [5, 5.41) is 11.8. The minimum atomic E-state index is -1.32. The van der Waals surface area contributed by atoms with Crippen molar-refractivity contribution in [1.29, 1.82) is 0 Å². The topological polar surface area (TPSA) is 89.0 Å². The Kier molecular flexibility index (Phi) is 5.04. The Morgan fingerprint density at radius 3 is 2.72 bits per heavy atom. The number of esters is 1. The molecule has 1 N–H and O–H groups in total. The number of hydrogen-bond donors (Lipinski definition) is 1. The number of Topliss-reactive ketones (excluding diaryl/α,β-unsaturated/α-hetero) is 1. The smallest absolute Gasteiger partial charge is 0.303 e. The number of benzene rings is 1. The number of methoxy groups -OCH3 is 1. The van der Waals surface area contributed by atoms with Gasteiger partial charge >= 0.3 is 5.97 Å². The minimum Gasteiger partial charge on any atom is -0.497 e. The van der Waals surface area contributed by atoms with Crippen LogP contribution in [0.5, 0.6) is 5.75 Å². The van der Waals surface area contributed by atoms with Crippen LogP contribution in [0.25, 0.3) is 10.9 Å². The second-order valence-electron chi connectivity index (χ2n) is 8.05. The summed E-state index contributed by atoms with van der Waals surface area (Å²) >= 11 is 0. The maximum absolute atomic E-state index is 12.1. The molecule has 7 nitrogen and oxygen atoms in total. The van der Waals surface area contributed by atoms with E-state index in [1.807, 2.05) is 24.3 Å². The lowest BCUT2D eigenvalue weighted by atomic mass is 9.69. The van der Waals surface area contributed by atoms with E-state index < -0.39 is 11.7 Å². The Morgan fingerprint density at radius 1 is 1.31 bits per heavy atom. The lowest BCUT2D eigenvalue weighted by molar-refractivity contribution is -0.179. The maximum Gasteiger partial charge on any atom is 0.303 e. The summed E-state index contributed by atoms with van der Waals surface area (Å²) in [4.78, 5) is 30.6. The molecule has 1 aromatic heterocycles. The van der Waals surface area contributed by atoms with Crippen molar-refractivity contribution >= 4 is 22.7 Å². The van der Waals surface area contributed by atoms with E-state index in [0.717, 1.165) is 29.4 Å². The van der Waals surface area contributed by atoms with Gasteiger partial charge in [-0.2, -0.15) is 0 Å². The maximum atomic E-state index is 12.1. The van der Waals surface area contributed by atoms with Gasteiger partial charge in [-0.1, -0.05) is 0 Å². The number of hydrogen-bond acceptors (Lipinski definition) is 7. The third-order valence-electron chi connectivity index (χ3n) is 6.42. The monoisotopic (exact) mass is 398 g/mol. The van der Waals surface area contributed by atoms with E-state index >= 15 is 0 Å². The summed E-state index contributed by atoms with van der Waals surface area (Å²) in [7, 11) is 1.61. The van der Waals surface area contributed by atoms with Crippen LogP contribution in [0.1, 0.15) is 38.4 Å². The van der Waals surface area contributed by atoms with Crippen LogP contribution in [0.15, 0.2) is 30.5 Å². The standard InChI is InChI=1S/C22H26N2O5/c1-13(25)22(27)12-24-9-7-15(22)10-20(24)21(29-14(2)26)17-6-8-23-19-5-4-16(28-3)11-18(17)19/h4-6,8,11,15,20-21,27H,7,9-10,12H2,1-3H3/t15-,20-,21-,22-/m0/s1. The zero-order chi connectivity index (χ0) is 20.8. The van der Waals surface area contributed by atoms with Crippen LogP contribution in [0, 0.1) is 5.92 Å². The molecule has 0 spiro atoms. The van der Waals surface area contributed by atoms with Gasteiger partial charge in [-0.25, -0.2) is 0 Å². The molecule has 1 unspecified atom stereocenters. The Morgan fingerprint density at radius 2 is 2.10 bits per heavy atom. The fourth-order valence-corrected chi connectivity index (χ4v) is 4.88. The van der Waals surface area contributed by atoms with Gasteiger partial charge in [0.25, 0.3) is 0 Å². The second-order valence-corrected chi connectivity index (χ2v) is 8.05. The summed E-state index contributed by atoms with van der Waals surface area (Å²) in [6.07, 6.45) is 2.53. The van der Waals surface area contributed by atoms with Crippen molar-refractivity contribution in [3.05, 3.63) is 36.0 Å². The van der Waals surface area contributed by atoms with Crippen molar-refractivity contribution in [2.75, 3.05) is 20.2 Å². The van der Waals surface area contributed by atoms with Gasteiger partial charge in [-0.05, 0) is 56.5 Å². The Bertz CT molecular complexity index is 961. The highest BCUT2D eigenvalue weighted by Crippen LogP contribution is 2.45. The number of rotatable bonds is 5. The number of ether oxygens (including phenoxy) is 2. The molecule has 2 aromatic rings. The predicted molar refractivity (Wildman–Crippen MR) is 107 cm³/mol. The van der Waals surface area contributed by atoms with E-state index in [0.29, 0.717) is 12.2 Å². The van der Waals surface area contributed by atoms with Gasteiger partial charge in [-0.3, -0.25) is 19.5 Å². The lowest BCUT2D eigenvalue weighted by Gasteiger charge is -2.54. The second kappa shape index (κ2) is 7.39. The van der Waals surface area contributed by atoms with Gasteiger partial charge in [0, 0.05) is 30.6 Å². The van der Waals surface area contributed by atoms with Gasteiger partial charge in [0.05, 0.1) is 18.7 Å². The number of carbonyl (C=O) groups is 2. The molecule has 0 aliphatic carbocycles. The lowest BCUT2D eigenvalue weighted by Crippen LogP contribution is -2.66. The predicted octanol–water partition coefficient (Wildman–Crippen LogP) is 2.26. The molecule has 3 aliphatic rings. The molecule has 4 heterocycles. The highest BCUT2D eigenvalue weighted by molar-refractivity contribution is 5.86. The molecule has 1 aromatic carbocycles. The normalized spacial score (nSPS) is 29.4. The first-order chi connectivity index (χ1) is 13.8. The average molecular weight is 398 g/mol. The number of aromatic nitrogens is 1. The third-order valence-corrected chi connectivity index (χ3v) is 6.42. The summed E-state index contributed by atoms with van der Waals surface area (Å²) in [6, 6.07) is 7.38. The van der Waals surface area contributed by atoms with Crippen LogP contribution < -0.4 is 4.74 Å². The third kappa shape index (κ3) is 3.38. The van der Waals surface area contributed by atoms with Crippen molar-refractivity contribution in [2.24, 2.45) is 5.92 Å². The molecule has 5 rings (SSSR count). The van der Waals surface area contributed by atoms with E-state index in [9.17, 15) is 14.7 Å². The Hall–Kier alpha value is -2.51.